The minimum absolute atomic E-state index is 0.326. The number of rotatable bonds is 2. The first-order chi connectivity index (χ1) is 6.79. The van der Waals surface area contributed by atoms with Crippen molar-refractivity contribution in [3.05, 3.63) is 35.4 Å². The Labute approximate surface area is 83.3 Å². The molecule has 1 saturated heterocycles. The average Bonchev–Trinajstić information content (AvgIpc) is 2.70. The average molecular weight is 190 g/mol. The molecule has 0 radical (unpaired) electrons. The van der Waals surface area contributed by atoms with Gasteiger partial charge in [0.25, 0.3) is 0 Å². The van der Waals surface area contributed by atoms with Gasteiger partial charge in [0.1, 0.15) is 0 Å². The second-order valence-corrected chi connectivity index (χ2v) is 3.64. The maximum absolute atomic E-state index is 11.2. The van der Waals surface area contributed by atoms with Crippen LogP contribution in [0.2, 0.25) is 0 Å². The number of carbonyl (C=O) groups excluding carboxylic acids is 1. The van der Waals surface area contributed by atoms with E-state index < -0.39 is 0 Å². The largest absolute Gasteiger partial charge is 0.366 e. The maximum atomic E-state index is 11.2. The van der Waals surface area contributed by atoms with Gasteiger partial charge in [0.05, 0.1) is 0 Å². The Balaban J connectivity index is 2.35. The molecule has 1 aliphatic rings. The molecular formula is C11H14N2O. The molecule has 1 heterocycles. The van der Waals surface area contributed by atoms with Gasteiger partial charge in [-0.3, -0.25) is 4.79 Å². The van der Waals surface area contributed by atoms with E-state index in [0.29, 0.717) is 11.5 Å². The summed E-state index contributed by atoms with van der Waals surface area (Å²) in [5.74, 6) is 0.117. The van der Waals surface area contributed by atoms with Crippen LogP contribution in [0.25, 0.3) is 0 Å². The van der Waals surface area contributed by atoms with Gasteiger partial charge in [0, 0.05) is 12.1 Å². The Morgan fingerprint density at radius 2 is 2.21 bits per heavy atom. The van der Waals surface area contributed by atoms with Gasteiger partial charge in [-0.25, -0.2) is 0 Å². The van der Waals surface area contributed by atoms with Gasteiger partial charge in [-0.1, -0.05) is 18.2 Å². The van der Waals surface area contributed by atoms with E-state index in [2.05, 4.69) is 5.32 Å². The lowest BCUT2D eigenvalue weighted by Crippen LogP contribution is -2.16. The molecule has 1 aromatic carbocycles. The predicted molar refractivity (Wildman–Crippen MR) is 55.2 cm³/mol. The van der Waals surface area contributed by atoms with E-state index in [-0.39, 0.29) is 5.91 Å². The molecule has 2 rings (SSSR count). The molecule has 0 aliphatic carbocycles. The van der Waals surface area contributed by atoms with Crippen molar-refractivity contribution in [2.24, 2.45) is 5.73 Å². The Morgan fingerprint density at radius 3 is 2.86 bits per heavy atom. The number of primary amides is 1. The fourth-order valence-corrected chi connectivity index (χ4v) is 2.00. The van der Waals surface area contributed by atoms with E-state index in [1.807, 2.05) is 18.2 Å². The van der Waals surface area contributed by atoms with Crippen molar-refractivity contribution in [1.29, 1.82) is 0 Å². The lowest BCUT2D eigenvalue weighted by Gasteiger charge is -2.11. The van der Waals surface area contributed by atoms with Gasteiger partial charge in [-0.15, -0.1) is 0 Å². The van der Waals surface area contributed by atoms with Crippen LogP contribution in [0.5, 0.6) is 0 Å². The molecule has 3 N–H and O–H groups in total. The molecule has 0 aromatic heterocycles. The van der Waals surface area contributed by atoms with Crippen LogP contribution >= 0.6 is 0 Å². The molecule has 0 saturated carbocycles. The zero-order valence-electron chi connectivity index (χ0n) is 7.99. The first-order valence-electron chi connectivity index (χ1n) is 4.88. The number of hydrogen-bond donors (Lipinski definition) is 2. The van der Waals surface area contributed by atoms with Crippen LogP contribution in [0.3, 0.4) is 0 Å². The summed E-state index contributed by atoms with van der Waals surface area (Å²) in [4.78, 5) is 11.2. The van der Waals surface area contributed by atoms with Crippen LogP contribution in [0.15, 0.2) is 24.3 Å². The van der Waals surface area contributed by atoms with Crippen LogP contribution in [-0.2, 0) is 0 Å². The second kappa shape index (κ2) is 3.80. The number of nitrogens with two attached hydrogens (primary N) is 1. The summed E-state index contributed by atoms with van der Waals surface area (Å²) < 4.78 is 0. The van der Waals surface area contributed by atoms with E-state index in [1.165, 1.54) is 0 Å². The Hall–Kier alpha value is -1.35. The molecule has 74 valence electrons. The highest BCUT2D eigenvalue weighted by atomic mass is 16.1. The van der Waals surface area contributed by atoms with Crippen LogP contribution in [0, 0.1) is 0 Å². The zero-order chi connectivity index (χ0) is 9.97. The zero-order valence-corrected chi connectivity index (χ0v) is 7.99. The third-order valence-electron chi connectivity index (χ3n) is 2.73. The quantitative estimate of drug-likeness (QED) is 0.726. The van der Waals surface area contributed by atoms with Crippen LogP contribution < -0.4 is 11.1 Å². The van der Waals surface area contributed by atoms with Gasteiger partial charge >= 0.3 is 0 Å². The third-order valence-corrected chi connectivity index (χ3v) is 2.73. The Morgan fingerprint density at radius 1 is 1.43 bits per heavy atom. The van der Waals surface area contributed by atoms with Crippen molar-refractivity contribution in [3.63, 3.8) is 0 Å². The molecule has 0 bridgehead atoms. The van der Waals surface area contributed by atoms with Crippen molar-refractivity contribution in [2.45, 2.75) is 12.3 Å². The number of amides is 1. The molecule has 1 fully saturated rings. The van der Waals surface area contributed by atoms with Gasteiger partial charge in [-0.2, -0.15) is 0 Å². The monoisotopic (exact) mass is 190 g/mol. The molecule has 1 aliphatic heterocycles. The van der Waals surface area contributed by atoms with E-state index in [0.717, 1.165) is 25.1 Å². The molecule has 1 atom stereocenters. The SMILES string of the molecule is NC(=O)c1ccccc1[C@@H]1CCNC1. The summed E-state index contributed by atoms with van der Waals surface area (Å²) in [6.45, 7) is 1.97. The molecule has 0 spiro atoms. The molecule has 0 unspecified atom stereocenters. The first-order valence-corrected chi connectivity index (χ1v) is 4.88. The highest BCUT2D eigenvalue weighted by Crippen LogP contribution is 2.25. The topological polar surface area (TPSA) is 55.1 Å². The molecule has 3 nitrogen and oxygen atoms in total. The highest BCUT2D eigenvalue weighted by molar-refractivity contribution is 5.94. The lowest BCUT2D eigenvalue weighted by atomic mass is 9.93. The van der Waals surface area contributed by atoms with Crippen LogP contribution in [0.1, 0.15) is 28.3 Å². The standard InChI is InChI=1S/C11H14N2O/c12-11(14)10-4-2-1-3-9(10)8-5-6-13-7-8/h1-4,8,13H,5-7H2,(H2,12,14)/t8-/m1/s1. The van der Waals surface area contributed by atoms with E-state index >= 15 is 0 Å². The smallest absolute Gasteiger partial charge is 0.248 e. The van der Waals surface area contributed by atoms with Gasteiger partial charge in [0.15, 0.2) is 0 Å². The summed E-state index contributed by atoms with van der Waals surface area (Å²) in [5, 5.41) is 3.28. The molecule has 3 heteroatoms. The van der Waals surface area contributed by atoms with Crippen molar-refractivity contribution >= 4 is 5.91 Å². The summed E-state index contributed by atoms with van der Waals surface area (Å²) in [7, 11) is 0. The third kappa shape index (κ3) is 1.63. The molecular weight excluding hydrogens is 176 g/mol. The summed E-state index contributed by atoms with van der Waals surface area (Å²) in [6.07, 6.45) is 1.09. The van der Waals surface area contributed by atoms with Gasteiger partial charge in [-0.05, 0) is 30.5 Å². The van der Waals surface area contributed by atoms with Gasteiger partial charge in [0.2, 0.25) is 5.91 Å². The first kappa shape index (κ1) is 9.21. The van der Waals surface area contributed by atoms with Crippen molar-refractivity contribution in [1.82, 2.24) is 5.32 Å². The summed E-state index contributed by atoms with van der Waals surface area (Å²) in [6, 6.07) is 7.61. The number of carbonyl (C=O) groups is 1. The Bertz CT molecular complexity index is 343. The van der Waals surface area contributed by atoms with Crippen molar-refractivity contribution in [2.75, 3.05) is 13.1 Å². The summed E-state index contributed by atoms with van der Waals surface area (Å²) >= 11 is 0. The second-order valence-electron chi connectivity index (χ2n) is 3.64. The molecule has 14 heavy (non-hydrogen) atoms. The number of benzene rings is 1. The predicted octanol–water partition coefficient (Wildman–Crippen LogP) is 0.862. The molecule has 1 amide bonds. The minimum Gasteiger partial charge on any atom is -0.366 e. The highest BCUT2D eigenvalue weighted by Gasteiger charge is 2.20. The van der Waals surface area contributed by atoms with E-state index in [9.17, 15) is 4.79 Å². The fourth-order valence-electron chi connectivity index (χ4n) is 2.00. The maximum Gasteiger partial charge on any atom is 0.248 e. The summed E-state index contributed by atoms with van der Waals surface area (Å²) in [5.41, 5.74) is 7.08. The number of nitrogens with one attached hydrogen (secondary N) is 1. The molecule has 1 aromatic rings. The van der Waals surface area contributed by atoms with Crippen molar-refractivity contribution in [3.8, 4) is 0 Å². The van der Waals surface area contributed by atoms with E-state index in [4.69, 9.17) is 5.73 Å². The minimum atomic E-state index is -0.326. The van der Waals surface area contributed by atoms with Crippen molar-refractivity contribution < 1.29 is 4.79 Å². The van der Waals surface area contributed by atoms with E-state index in [1.54, 1.807) is 6.07 Å². The normalized spacial score (nSPS) is 21.0. The number of hydrogen-bond acceptors (Lipinski definition) is 2. The van der Waals surface area contributed by atoms with Crippen LogP contribution in [0.4, 0.5) is 0 Å². The Kier molecular flexibility index (Phi) is 2.50. The lowest BCUT2D eigenvalue weighted by molar-refractivity contribution is 0.0999. The van der Waals surface area contributed by atoms with Crippen LogP contribution in [-0.4, -0.2) is 19.0 Å². The fraction of sp³-hybridized carbons (Fsp3) is 0.364. The van der Waals surface area contributed by atoms with Gasteiger partial charge < -0.3 is 11.1 Å².